The third-order valence-corrected chi connectivity index (χ3v) is 5.61. The second-order valence-electron chi connectivity index (χ2n) is 5.38. The van der Waals surface area contributed by atoms with Crippen molar-refractivity contribution in [1.82, 2.24) is 4.31 Å². The Bertz CT molecular complexity index is 622. The minimum absolute atomic E-state index is 0.0332. The zero-order valence-electron chi connectivity index (χ0n) is 12.2. The Kier molecular flexibility index (Phi) is 5.40. The van der Waals surface area contributed by atoms with E-state index in [-0.39, 0.29) is 6.61 Å². The molecule has 1 fully saturated rings. The molecule has 1 N–H and O–H groups in total. The highest BCUT2D eigenvalue weighted by Crippen LogP contribution is 2.28. The fraction of sp³-hybridized carbons (Fsp3) is 0.500. The van der Waals surface area contributed by atoms with Crippen LogP contribution in [0.2, 0.25) is 0 Å². The molecule has 114 valence electrons. The second kappa shape index (κ2) is 7.08. The van der Waals surface area contributed by atoms with Gasteiger partial charge in [-0.2, -0.15) is 0 Å². The third-order valence-electron chi connectivity index (χ3n) is 3.77. The van der Waals surface area contributed by atoms with E-state index in [1.807, 2.05) is 0 Å². The summed E-state index contributed by atoms with van der Waals surface area (Å²) < 4.78 is 26.3. The van der Waals surface area contributed by atoms with Crippen molar-refractivity contribution in [2.45, 2.75) is 30.6 Å². The van der Waals surface area contributed by atoms with Crippen LogP contribution in [0.5, 0.6) is 0 Å². The molecule has 1 aliphatic rings. The van der Waals surface area contributed by atoms with Crippen molar-refractivity contribution in [2.75, 3.05) is 20.2 Å². The van der Waals surface area contributed by atoms with Gasteiger partial charge in [-0.1, -0.05) is 18.3 Å². The highest BCUT2D eigenvalue weighted by atomic mass is 32.2. The summed E-state index contributed by atoms with van der Waals surface area (Å²) in [5, 5.41) is 8.67. The smallest absolute Gasteiger partial charge is 0.242 e. The van der Waals surface area contributed by atoms with Crippen molar-refractivity contribution < 1.29 is 13.5 Å². The lowest BCUT2D eigenvalue weighted by Crippen LogP contribution is -2.34. The lowest BCUT2D eigenvalue weighted by molar-refractivity contribution is 0.263. The van der Waals surface area contributed by atoms with Gasteiger partial charge in [0.25, 0.3) is 0 Å². The van der Waals surface area contributed by atoms with Crippen LogP contribution in [0.1, 0.15) is 31.2 Å². The monoisotopic (exact) mass is 307 g/mol. The lowest BCUT2D eigenvalue weighted by Gasteiger charge is -2.29. The first-order valence-electron chi connectivity index (χ1n) is 7.20. The second-order valence-corrected chi connectivity index (χ2v) is 7.43. The summed E-state index contributed by atoms with van der Waals surface area (Å²) in [6.45, 7) is 0.631. The number of nitrogens with zero attached hydrogens (tertiary/aromatic N) is 1. The predicted octanol–water partition coefficient (Wildman–Crippen LogP) is 1.84. The van der Waals surface area contributed by atoms with Gasteiger partial charge < -0.3 is 5.11 Å². The van der Waals surface area contributed by atoms with Crippen molar-refractivity contribution in [3.8, 4) is 11.8 Å². The average Bonchev–Trinajstić information content (AvgIpc) is 2.43. The summed E-state index contributed by atoms with van der Waals surface area (Å²) in [4.78, 5) is 0.303. The molecule has 0 atom stereocenters. The average molecular weight is 307 g/mol. The maximum absolute atomic E-state index is 12.4. The van der Waals surface area contributed by atoms with E-state index in [0.717, 1.165) is 18.4 Å². The topological polar surface area (TPSA) is 57.6 Å². The fourth-order valence-electron chi connectivity index (χ4n) is 2.25. The Hall–Kier alpha value is -1.35. The van der Waals surface area contributed by atoms with Crippen LogP contribution < -0.4 is 0 Å². The maximum Gasteiger partial charge on any atom is 0.242 e. The van der Waals surface area contributed by atoms with E-state index >= 15 is 0 Å². The minimum Gasteiger partial charge on any atom is -0.395 e. The Morgan fingerprint density at radius 1 is 1.29 bits per heavy atom. The quantitative estimate of drug-likeness (QED) is 0.845. The molecule has 0 radical (unpaired) electrons. The Morgan fingerprint density at radius 3 is 2.48 bits per heavy atom. The first-order chi connectivity index (χ1) is 10.0. The van der Waals surface area contributed by atoms with Crippen molar-refractivity contribution in [2.24, 2.45) is 5.92 Å². The van der Waals surface area contributed by atoms with Crippen molar-refractivity contribution in [3.63, 3.8) is 0 Å². The molecular weight excluding hydrogens is 286 g/mol. The first kappa shape index (κ1) is 16.0. The molecule has 0 amide bonds. The van der Waals surface area contributed by atoms with Crippen LogP contribution >= 0.6 is 0 Å². The van der Waals surface area contributed by atoms with Crippen molar-refractivity contribution in [1.29, 1.82) is 0 Å². The zero-order chi connectivity index (χ0) is 15.3. The maximum atomic E-state index is 12.4. The van der Waals surface area contributed by atoms with Gasteiger partial charge in [0.15, 0.2) is 0 Å². The number of benzene rings is 1. The predicted molar refractivity (Wildman–Crippen MR) is 82.2 cm³/mol. The Balaban J connectivity index is 2.07. The standard InChI is InChI=1S/C16H21NO3S/c1-17(13-15-6-4-7-15)21(19,20)16-10-8-14(9-11-16)5-2-3-12-18/h8-11,15,18H,3-4,6-7,12-13H2,1H3. The van der Waals surface area contributed by atoms with Crippen LogP contribution in [-0.2, 0) is 10.0 Å². The van der Waals surface area contributed by atoms with Gasteiger partial charge in [-0.15, -0.1) is 0 Å². The largest absolute Gasteiger partial charge is 0.395 e. The molecule has 5 heteroatoms. The van der Waals surface area contributed by atoms with E-state index < -0.39 is 10.0 Å². The van der Waals surface area contributed by atoms with E-state index in [0.29, 0.717) is 23.8 Å². The molecule has 21 heavy (non-hydrogen) atoms. The summed E-state index contributed by atoms with van der Waals surface area (Å²) in [5.41, 5.74) is 0.754. The minimum atomic E-state index is -3.41. The van der Waals surface area contributed by atoms with Gasteiger partial charge in [-0.3, -0.25) is 0 Å². The van der Waals surface area contributed by atoms with E-state index in [1.165, 1.54) is 10.7 Å². The number of sulfonamides is 1. The molecule has 0 bridgehead atoms. The molecule has 0 unspecified atom stereocenters. The van der Waals surface area contributed by atoms with Crippen LogP contribution in [0.4, 0.5) is 0 Å². The molecule has 1 saturated carbocycles. The molecule has 0 spiro atoms. The molecular formula is C16H21NO3S. The molecule has 1 aliphatic carbocycles. The molecule has 1 aromatic carbocycles. The Labute approximate surface area is 126 Å². The third kappa shape index (κ3) is 4.07. The number of hydrogen-bond donors (Lipinski definition) is 1. The van der Waals surface area contributed by atoms with Gasteiger partial charge in [-0.05, 0) is 43.0 Å². The van der Waals surface area contributed by atoms with Crippen LogP contribution in [0, 0.1) is 17.8 Å². The molecule has 2 rings (SSSR count). The fourth-order valence-corrected chi connectivity index (χ4v) is 3.49. The number of hydrogen-bond acceptors (Lipinski definition) is 3. The van der Waals surface area contributed by atoms with Gasteiger partial charge in [0, 0.05) is 25.6 Å². The number of aliphatic hydroxyl groups excluding tert-OH is 1. The lowest BCUT2D eigenvalue weighted by atomic mass is 9.86. The SMILES string of the molecule is CN(CC1CCC1)S(=O)(=O)c1ccc(C#CCCO)cc1. The van der Waals surface area contributed by atoms with Gasteiger partial charge in [-0.25, -0.2) is 12.7 Å². The summed E-state index contributed by atoms with van der Waals surface area (Å²) >= 11 is 0. The zero-order valence-corrected chi connectivity index (χ0v) is 13.1. The van der Waals surface area contributed by atoms with Crippen LogP contribution in [0.3, 0.4) is 0 Å². The van der Waals surface area contributed by atoms with E-state index in [4.69, 9.17) is 5.11 Å². The molecule has 0 heterocycles. The number of rotatable bonds is 5. The summed E-state index contributed by atoms with van der Waals surface area (Å²) in [5.74, 6) is 6.21. The highest BCUT2D eigenvalue weighted by Gasteiger charge is 2.26. The van der Waals surface area contributed by atoms with Crippen molar-refractivity contribution in [3.05, 3.63) is 29.8 Å². The van der Waals surface area contributed by atoms with Crippen molar-refractivity contribution >= 4 is 10.0 Å². The Morgan fingerprint density at radius 2 is 1.95 bits per heavy atom. The van der Waals surface area contributed by atoms with E-state index in [2.05, 4.69) is 11.8 Å². The highest BCUT2D eigenvalue weighted by molar-refractivity contribution is 7.89. The molecule has 1 aromatic rings. The summed E-state index contributed by atoms with van der Waals surface area (Å²) in [7, 11) is -1.77. The van der Waals surface area contributed by atoms with Crippen LogP contribution in [0.15, 0.2) is 29.2 Å². The molecule has 4 nitrogen and oxygen atoms in total. The molecule has 0 aromatic heterocycles. The van der Waals surface area contributed by atoms with Gasteiger partial charge in [0.05, 0.1) is 11.5 Å². The number of aliphatic hydroxyl groups is 1. The summed E-state index contributed by atoms with van der Waals surface area (Å²) in [6, 6.07) is 6.59. The first-order valence-corrected chi connectivity index (χ1v) is 8.64. The normalized spacial score (nSPS) is 15.4. The van der Waals surface area contributed by atoms with Gasteiger partial charge >= 0.3 is 0 Å². The van der Waals surface area contributed by atoms with Crippen LogP contribution in [0.25, 0.3) is 0 Å². The molecule has 0 saturated heterocycles. The van der Waals surface area contributed by atoms with Gasteiger partial charge in [0.2, 0.25) is 10.0 Å². The summed E-state index contributed by atoms with van der Waals surface area (Å²) in [6.07, 6.45) is 3.88. The van der Waals surface area contributed by atoms with Crippen LogP contribution in [-0.4, -0.2) is 38.0 Å². The van der Waals surface area contributed by atoms with E-state index in [1.54, 1.807) is 31.3 Å². The molecule has 0 aliphatic heterocycles. The van der Waals surface area contributed by atoms with E-state index in [9.17, 15) is 8.42 Å². The van der Waals surface area contributed by atoms with Gasteiger partial charge in [0.1, 0.15) is 0 Å².